The molecule has 0 bridgehead atoms. The zero-order chi connectivity index (χ0) is 15.9. The van der Waals surface area contributed by atoms with Crippen LogP contribution in [0.4, 0.5) is 0 Å². The molecule has 1 aromatic heterocycles. The molecule has 0 aliphatic heterocycles. The van der Waals surface area contributed by atoms with E-state index in [0.29, 0.717) is 43.8 Å². The Morgan fingerprint density at radius 3 is 2.48 bits per heavy atom. The molecule has 0 aromatic carbocycles. The summed E-state index contributed by atoms with van der Waals surface area (Å²) in [4.78, 5) is 27.0. The number of hydrogen-bond acceptors (Lipinski definition) is 5. The lowest BCUT2D eigenvalue weighted by Crippen LogP contribution is -2.49. The number of rotatable bonds is 9. The van der Waals surface area contributed by atoms with E-state index in [1.807, 2.05) is 13.8 Å². The Balaban J connectivity index is 2.44. The first-order chi connectivity index (χ1) is 9.90. The largest absolute Gasteiger partial charge is 0.481 e. The third-order valence-corrected chi connectivity index (χ3v) is 3.61. The summed E-state index contributed by atoms with van der Waals surface area (Å²) in [6.45, 7) is 5.50. The van der Waals surface area contributed by atoms with E-state index in [1.165, 1.54) is 0 Å². The molecule has 0 fully saturated rings. The number of aromatic nitrogens is 2. The molecule has 7 nitrogen and oxygen atoms in total. The van der Waals surface area contributed by atoms with Crippen LogP contribution in [0.25, 0.3) is 0 Å². The lowest BCUT2D eigenvalue weighted by molar-refractivity contribution is -0.139. The number of hydrogen-bond donors (Lipinski definition) is 2. The van der Waals surface area contributed by atoms with Crippen molar-refractivity contribution in [2.75, 3.05) is 0 Å². The maximum Gasteiger partial charge on any atom is 0.305 e. The molecule has 1 aromatic rings. The first-order valence-corrected chi connectivity index (χ1v) is 7.22. The van der Waals surface area contributed by atoms with Crippen molar-refractivity contribution >= 4 is 11.9 Å². The molecule has 118 valence electrons. The number of nitrogens with zero attached hydrogens (tertiary/aromatic N) is 2. The van der Waals surface area contributed by atoms with E-state index in [0.717, 1.165) is 0 Å². The lowest BCUT2D eigenvalue weighted by atomic mass is 9.88. The monoisotopic (exact) mass is 297 g/mol. The number of carbonyl (C=O) groups excluding carboxylic acids is 1. The fourth-order valence-electron chi connectivity index (χ4n) is 2.21. The van der Waals surface area contributed by atoms with E-state index >= 15 is 0 Å². The van der Waals surface area contributed by atoms with Crippen molar-refractivity contribution in [3.8, 4) is 0 Å². The molecule has 1 amide bonds. The van der Waals surface area contributed by atoms with E-state index in [9.17, 15) is 9.59 Å². The zero-order valence-electron chi connectivity index (χ0n) is 12.8. The summed E-state index contributed by atoms with van der Waals surface area (Å²) in [6.07, 6.45) is 2.55. The summed E-state index contributed by atoms with van der Waals surface area (Å²) in [5.74, 6) is 0.0477. The van der Waals surface area contributed by atoms with Gasteiger partial charge in [-0.3, -0.25) is 9.59 Å². The first-order valence-electron chi connectivity index (χ1n) is 7.22. The van der Waals surface area contributed by atoms with Crippen LogP contribution in [0.3, 0.4) is 0 Å². The second-order valence-electron chi connectivity index (χ2n) is 5.20. The Morgan fingerprint density at radius 2 is 2.00 bits per heavy atom. The molecule has 0 atom stereocenters. The van der Waals surface area contributed by atoms with E-state index < -0.39 is 11.5 Å². The van der Waals surface area contributed by atoms with Gasteiger partial charge in [-0.05, 0) is 26.2 Å². The fraction of sp³-hybridized carbons (Fsp3) is 0.714. The van der Waals surface area contributed by atoms with E-state index in [-0.39, 0.29) is 12.3 Å². The molecule has 0 aliphatic carbocycles. The summed E-state index contributed by atoms with van der Waals surface area (Å²) in [6, 6.07) is 0. The van der Waals surface area contributed by atoms with Gasteiger partial charge in [-0.2, -0.15) is 4.98 Å². The smallest absolute Gasteiger partial charge is 0.305 e. The summed E-state index contributed by atoms with van der Waals surface area (Å²) in [7, 11) is 0. The normalized spacial score (nSPS) is 11.4. The highest BCUT2D eigenvalue weighted by Gasteiger charge is 2.30. The minimum atomic E-state index is -0.902. The highest BCUT2D eigenvalue weighted by atomic mass is 16.5. The molecule has 21 heavy (non-hydrogen) atoms. The number of aryl methyl sites for hydroxylation is 2. The summed E-state index contributed by atoms with van der Waals surface area (Å²) >= 11 is 0. The van der Waals surface area contributed by atoms with Crippen LogP contribution >= 0.6 is 0 Å². The van der Waals surface area contributed by atoms with Crippen molar-refractivity contribution in [2.24, 2.45) is 0 Å². The lowest BCUT2D eigenvalue weighted by Gasteiger charge is -2.31. The van der Waals surface area contributed by atoms with Gasteiger partial charge in [0, 0.05) is 18.4 Å². The minimum Gasteiger partial charge on any atom is -0.481 e. The second kappa shape index (κ2) is 7.75. The molecule has 7 heteroatoms. The quantitative estimate of drug-likeness (QED) is 0.720. The van der Waals surface area contributed by atoms with Crippen LogP contribution in [-0.4, -0.2) is 32.7 Å². The van der Waals surface area contributed by atoms with Crippen molar-refractivity contribution in [3.05, 3.63) is 11.7 Å². The van der Waals surface area contributed by atoms with Gasteiger partial charge in [0.15, 0.2) is 5.82 Å². The molecule has 1 heterocycles. The molecule has 0 aliphatic rings. The molecule has 0 radical (unpaired) electrons. The molecule has 1 rings (SSSR count). The summed E-state index contributed by atoms with van der Waals surface area (Å²) in [5, 5.41) is 15.5. The average molecular weight is 297 g/mol. The predicted molar refractivity (Wildman–Crippen MR) is 75.7 cm³/mol. The Bertz CT molecular complexity index is 480. The van der Waals surface area contributed by atoms with Crippen LogP contribution in [0.5, 0.6) is 0 Å². The average Bonchev–Trinajstić information content (AvgIpc) is 2.83. The maximum absolute atomic E-state index is 12.0. The van der Waals surface area contributed by atoms with Gasteiger partial charge in [0.25, 0.3) is 0 Å². The van der Waals surface area contributed by atoms with Crippen LogP contribution in [0.1, 0.15) is 57.7 Å². The number of amides is 1. The summed E-state index contributed by atoms with van der Waals surface area (Å²) in [5.41, 5.74) is -0.663. The van der Waals surface area contributed by atoms with Crippen LogP contribution < -0.4 is 5.32 Å². The van der Waals surface area contributed by atoms with Gasteiger partial charge >= 0.3 is 5.97 Å². The third-order valence-electron chi connectivity index (χ3n) is 3.61. The molecule has 2 N–H and O–H groups in total. The van der Waals surface area contributed by atoms with Crippen molar-refractivity contribution in [3.63, 3.8) is 0 Å². The Labute approximate surface area is 124 Å². The van der Waals surface area contributed by atoms with E-state index in [2.05, 4.69) is 15.5 Å². The van der Waals surface area contributed by atoms with Gasteiger partial charge in [-0.15, -0.1) is 0 Å². The van der Waals surface area contributed by atoms with Crippen molar-refractivity contribution < 1.29 is 19.2 Å². The van der Waals surface area contributed by atoms with Crippen LogP contribution in [0.2, 0.25) is 0 Å². The van der Waals surface area contributed by atoms with Gasteiger partial charge in [0.05, 0.1) is 6.42 Å². The molecular formula is C14H23N3O4. The van der Waals surface area contributed by atoms with Gasteiger partial charge in [0.1, 0.15) is 0 Å². The second-order valence-corrected chi connectivity index (χ2v) is 5.20. The van der Waals surface area contributed by atoms with Gasteiger partial charge in [-0.1, -0.05) is 19.0 Å². The van der Waals surface area contributed by atoms with E-state index in [1.54, 1.807) is 6.92 Å². The number of nitrogens with one attached hydrogen (secondary N) is 1. The number of carboxylic acid groups (broad SMARTS) is 1. The first kappa shape index (κ1) is 17.1. The van der Waals surface area contributed by atoms with Crippen LogP contribution in [0, 0.1) is 6.92 Å². The molecule has 0 spiro atoms. The standard InChI is InChI=1S/C14H23N3O4/c1-4-14(5-2,9-13(19)20)16-11(18)7-6-8-12-15-10(3)17-21-12/h4-9H2,1-3H3,(H,16,18)(H,19,20). The Kier molecular flexibility index (Phi) is 6.33. The fourth-order valence-corrected chi connectivity index (χ4v) is 2.21. The maximum atomic E-state index is 12.0. The Hall–Kier alpha value is -1.92. The van der Waals surface area contributed by atoms with E-state index in [4.69, 9.17) is 9.63 Å². The van der Waals surface area contributed by atoms with Gasteiger partial charge < -0.3 is 14.9 Å². The number of carbonyl (C=O) groups is 2. The van der Waals surface area contributed by atoms with Crippen molar-refractivity contribution in [2.45, 2.75) is 64.8 Å². The molecule has 0 unspecified atom stereocenters. The Morgan fingerprint density at radius 1 is 1.33 bits per heavy atom. The van der Waals surface area contributed by atoms with Gasteiger partial charge in [0.2, 0.25) is 11.8 Å². The molecular weight excluding hydrogens is 274 g/mol. The third kappa shape index (κ3) is 5.53. The van der Waals surface area contributed by atoms with Crippen molar-refractivity contribution in [1.29, 1.82) is 0 Å². The topological polar surface area (TPSA) is 105 Å². The highest BCUT2D eigenvalue weighted by Crippen LogP contribution is 2.20. The zero-order valence-corrected chi connectivity index (χ0v) is 12.8. The molecule has 0 saturated heterocycles. The summed E-state index contributed by atoms with van der Waals surface area (Å²) < 4.78 is 4.97. The number of aliphatic carboxylic acids is 1. The minimum absolute atomic E-state index is 0.0609. The van der Waals surface area contributed by atoms with Gasteiger partial charge in [-0.25, -0.2) is 0 Å². The highest BCUT2D eigenvalue weighted by molar-refractivity contribution is 5.78. The van der Waals surface area contributed by atoms with Crippen LogP contribution in [-0.2, 0) is 16.0 Å². The molecule has 0 saturated carbocycles. The van der Waals surface area contributed by atoms with Crippen LogP contribution in [0.15, 0.2) is 4.52 Å². The SMILES string of the molecule is CCC(CC)(CC(=O)O)NC(=O)CCCc1nc(C)no1. The number of carboxylic acids is 1. The predicted octanol–water partition coefficient (Wildman–Crippen LogP) is 1.85. The van der Waals surface area contributed by atoms with Crippen molar-refractivity contribution in [1.82, 2.24) is 15.5 Å².